The van der Waals surface area contributed by atoms with Crippen molar-refractivity contribution in [1.29, 1.82) is 0 Å². The normalized spacial score (nSPS) is 12.4. The minimum Gasteiger partial charge on any atom is -0.478 e. The molecular formula is C12H12FN3O3. The van der Waals surface area contributed by atoms with Crippen LogP contribution in [0, 0.1) is 5.82 Å². The Morgan fingerprint density at radius 1 is 1.53 bits per heavy atom. The Balaban J connectivity index is 2.35. The molecule has 0 aliphatic carbocycles. The maximum Gasteiger partial charge on any atom is 0.338 e. The van der Waals surface area contributed by atoms with Crippen LogP contribution in [-0.4, -0.2) is 31.2 Å². The van der Waals surface area contributed by atoms with Gasteiger partial charge in [-0.05, 0) is 18.6 Å². The molecule has 7 heteroatoms. The van der Waals surface area contributed by atoms with Gasteiger partial charge in [-0.1, -0.05) is 6.92 Å². The average molecular weight is 265 g/mol. The Bertz CT molecular complexity index is 612. The van der Waals surface area contributed by atoms with Gasteiger partial charge in [-0.15, -0.1) is 0 Å². The minimum atomic E-state index is -1.33. The standard InChI is InChI=1S/C12H12FN3O3/c1-2-11(17)10-6-14-16(15-10)7-3-4-8(12(18)19)9(13)5-7/h3-6,11,17H,2H2,1H3,(H,18,19)/t11-/m0/s1. The quantitative estimate of drug-likeness (QED) is 0.875. The Morgan fingerprint density at radius 3 is 2.84 bits per heavy atom. The first-order chi connectivity index (χ1) is 9.02. The molecule has 0 amide bonds. The van der Waals surface area contributed by atoms with Crippen LogP contribution in [0.3, 0.4) is 0 Å². The van der Waals surface area contributed by atoms with E-state index in [9.17, 15) is 14.3 Å². The van der Waals surface area contributed by atoms with Crippen molar-refractivity contribution in [3.63, 3.8) is 0 Å². The van der Waals surface area contributed by atoms with Gasteiger partial charge in [0.05, 0.1) is 23.6 Å². The van der Waals surface area contributed by atoms with Crippen LogP contribution in [-0.2, 0) is 0 Å². The molecule has 6 nitrogen and oxygen atoms in total. The van der Waals surface area contributed by atoms with Crippen molar-refractivity contribution in [3.05, 3.63) is 41.5 Å². The molecule has 1 aromatic heterocycles. The number of carboxylic acid groups (broad SMARTS) is 1. The van der Waals surface area contributed by atoms with Crippen molar-refractivity contribution in [1.82, 2.24) is 15.0 Å². The third-order valence-electron chi connectivity index (χ3n) is 2.65. The molecule has 1 aromatic carbocycles. The number of aliphatic hydroxyl groups excluding tert-OH is 1. The number of aromatic carboxylic acids is 1. The van der Waals surface area contributed by atoms with Crippen molar-refractivity contribution in [2.75, 3.05) is 0 Å². The zero-order valence-electron chi connectivity index (χ0n) is 10.1. The van der Waals surface area contributed by atoms with Gasteiger partial charge in [-0.3, -0.25) is 0 Å². The summed E-state index contributed by atoms with van der Waals surface area (Å²) in [5.41, 5.74) is 0.256. The molecule has 0 bridgehead atoms. The molecule has 0 fully saturated rings. The number of aromatic nitrogens is 3. The highest BCUT2D eigenvalue weighted by atomic mass is 19.1. The fourth-order valence-corrected chi connectivity index (χ4v) is 1.56. The van der Waals surface area contributed by atoms with Crippen LogP contribution in [0.4, 0.5) is 4.39 Å². The summed E-state index contributed by atoms with van der Waals surface area (Å²) < 4.78 is 13.5. The average Bonchev–Trinajstić information content (AvgIpc) is 2.86. The molecule has 1 heterocycles. The van der Waals surface area contributed by atoms with Crippen molar-refractivity contribution >= 4 is 5.97 Å². The smallest absolute Gasteiger partial charge is 0.338 e. The number of halogens is 1. The van der Waals surface area contributed by atoms with Crippen molar-refractivity contribution in [2.45, 2.75) is 19.4 Å². The molecule has 0 radical (unpaired) electrons. The fraction of sp³-hybridized carbons (Fsp3) is 0.250. The van der Waals surface area contributed by atoms with Gasteiger partial charge in [0.25, 0.3) is 0 Å². The number of hydrogen-bond donors (Lipinski definition) is 2. The first-order valence-electron chi connectivity index (χ1n) is 5.66. The molecule has 2 rings (SSSR count). The van der Waals surface area contributed by atoms with E-state index in [2.05, 4.69) is 10.2 Å². The van der Waals surface area contributed by atoms with Gasteiger partial charge < -0.3 is 10.2 Å². The van der Waals surface area contributed by atoms with Gasteiger partial charge in [0, 0.05) is 6.07 Å². The lowest BCUT2D eigenvalue weighted by Gasteiger charge is -2.03. The van der Waals surface area contributed by atoms with Crippen molar-refractivity contribution in [2.24, 2.45) is 0 Å². The van der Waals surface area contributed by atoms with Crippen LogP contribution in [0.2, 0.25) is 0 Å². The number of nitrogens with zero attached hydrogens (tertiary/aromatic N) is 3. The van der Waals surface area contributed by atoms with Crippen LogP contribution < -0.4 is 0 Å². The van der Waals surface area contributed by atoms with E-state index in [1.807, 2.05) is 0 Å². The van der Waals surface area contributed by atoms with Crippen LogP contribution >= 0.6 is 0 Å². The van der Waals surface area contributed by atoms with Gasteiger partial charge in [0.2, 0.25) is 0 Å². The molecule has 0 saturated heterocycles. The molecule has 0 spiro atoms. The molecule has 19 heavy (non-hydrogen) atoms. The summed E-state index contributed by atoms with van der Waals surface area (Å²) in [5.74, 6) is -2.19. The topological polar surface area (TPSA) is 88.2 Å². The zero-order chi connectivity index (χ0) is 14.0. The second-order valence-electron chi connectivity index (χ2n) is 3.95. The third kappa shape index (κ3) is 2.60. The number of carboxylic acids is 1. The largest absolute Gasteiger partial charge is 0.478 e. The molecule has 0 saturated carbocycles. The maximum atomic E-state index is 13.5. The van der Waals surface area contributed by atoms with Crippen LogP contribution in [0.15, 0.2) is 24.4 Å². The lowest BCUT2D eigenvalue weighted by molar-refractivity contribution is 0.0692. The Labute approximate surface area is 108 Å². The SMILES string of the molecule is CC[C@H](O)c1cnn(-c2ccc(C(=O)O)c(F)c2)n1. The predicted molar refractivity (Wildman–Crippen MR) is 63.5 cm³/mol. The molecule has 100 valence electrons. The Hall–Kier alpha value is -2.28. The second-order valence-corrected chi connectivity index (χ2v) is 3.95. The second kappa shape index (κ2) is 5.15. The predicted octanol–water partition coefficient (Wildman–Crippen LogP) is 1.55. The Kier molecular flexibility index (Phi) is 3.57. The number of aliphatic hydroxyl groups is 1. The fourth-order valence-electron chi connectivity index (χ4n) is 1.56. The van der Waals surface area contributed by atoms with E-state index in [0.717, 1.165) is 16.9 Å². The lowest BCUT2D eigenvalue weighted by atomic mass is 10.2. The van der Waals surface area contributed by atoms with E-state index in [1.54, 1.807) is 6.92 Å². The molecule has 0 aliphatic rings. The van der Waals surface area contributed by atoms with E-state index in [1.165, 1.54) is 12.3 Å². The number of rotatable bonds is 4. The summed E-state index contributed by atoms with van der Waals surface area (Å²) in [6, 6.07) is 3.58. The molecule has 2 aromatic rings. The first-order valence-corrected chi connectivity index (χ1v) is 5.66. The van der Waals surface area contributed by atoms with E-state index < -0.39 is 23.5 Å². The monoisotopic (exact) mass is 265 g/mol. The van der Waals surface area contributed by atoms with Crippen LogP contribution in [0.5, 0.6) is 0 Å². The van der Waals surface area contributed by atoms with Gasteiger partial charge >= 0.3 is 5.97 Å². The number of hydrogen-bond acceptors (Lipinski definition) is 4. The molecule has 0 unspecified atom stereocenters. The molecular weight excluding hydrogens is 253 g/mol. The zero-order valence-corrected chi connectivity index (χ0v) is 10.1. The summed E-state index contributed by atoms with van der Waals surface area (Å²) in [6.07, 6.45) is 1.15. The number of carbonyl (C=O) groups is 1. The summed E-state index contributed by atoms with van der Waals surface area (Å²) in [5, 5.41) is 26.2. The molecule has 2 N–H and O–H groups in total. The van der Waals surface area contributed by atoms with E-state index in [4.69, 9.17) is 5.11 Å². The van der Waals surface area contributed by atoms with E-state index in [0.29, 0.717) is 12.1 Å². The summed E-state index contributed by atoms with van der Waals surface area (Å²) in [7, 11) is 0. The van der Waals surface area contributed by atoms with Gasteiger partial charge in [-0.25, -0.2) is 9.18 Å². The summed E-state index contributed by atoms with van der Waals surface area (Å²) in [4.78, 5) is 11.8. The van der Waals surface area contributed by atoms with Gasteiger partial charge in [0.15, 0.2) is 0 Å². The highest BCUT2D eigenvalue weighted by Crippen LogP contribution is 2.16. The Morgan fingerprint density at radius 2 is 2.26 bits per heavy atom. The van der Waals surface area contributed by atoms with E-state index >= 15 is 0 Å². The van der Waals surface area contributed by atoms with Gasteiger partial charge in [0.1, 0.15) is 11.5 Å². The van der Waals surface area contributed by atoms with Crippen LogP contribution in [0.1, 0.15) is 35.5 Å². The van der Waals surface area contributed by atoms with Crippen LogP contribution in [0.25, 0.3) is 5.69 Å². The minimum absolute atomic E-state index is 0.289. The molecule has 1 atom stereocenters. The first kappa shape index (κ1) is 13.2. The summed E-state index contributed by atoms with van der Waals surface area (Å²) in [6.45, 7) is 1.80. The summed E-state index contributed by atoms with van der Waals surface area (Å²) >= 11 is 0. The number of benzene rings is 1. The highest BCUT2D eigenvalue weighted by molar-refractivity contribution is 5.88. The molecule has 0 aliphatic heterocycles. The highest BCUT2D eigenvalue weighted by Gasteiger charge is 2.14. The van der Waals surface area contributed by atoms with Crippen molar-refractivity contribution in [3.8, 4) is 5.69 Å². The maximum absolute atomic E-state index is 13.5. The third-order valence-corrected chi connectivity index (χ3v) is 2.65. The van der Waals surface area contributed by atoms with Crippen molar-refractivity contribution < 1.29 is 19.4 Å². The lowest BCUT2D eigenvalue weighted by Crippen LogP contribution is -2.05. The van der Waals surface area contributed by atoms with Gasteiger partial charge in [-0.2, -0.15) is 15.0 Å². The van der Waals surface area contributed by atoms with E-state index in [-0.39, 0.29) is 5.69 Å².